The Morgan fingerprint density at radius 2 is 1.52 bits per heavy atom. The Morgan fingerprint density at radius 1 is 0.833 bits per heavy atom. The summed E-state index contributed by atoms with van der Waals surface area (Å²) in [6.45, 7) is 4.02. The number of para-hydroxylation sites is 1. The standard InChI is InChI=1S/C39H33ClFN3O3S/c1-3-26-18-10-13-25(2)35(26)44-39(47)36(27-14-6-4-7-15-27)48-30-20-11-19-29(23-30)42-38(46)34(24-31-32(40)21-12-22-33(31)41)43-37(45)28-16-8-5-9-17-28/h4-24,36H,3H2,1-2H3,(H,42,46)(H,43,45)(H,44,47)/b34-24+. The van der Waals surface area contributed by atoms with Crippen molar-refractivity contribution >= 4 is 58.5 Å². The molecule has 5 aromatic carbocycles. The molecule has 9 heteroatoms. The average molecular weight is 678 g/mol. The number of carbonyl (C=O) groups is 3. The van der Waals surface area contributed by atoms with Crippen molar-refractivity contribution < 1.29 is 18.8 Å². The van der Waals surface area contributed by atoms with Gasteiger partial charge in [0.2, 0.25) is 5.91 Å². The van der Waals surface area contributed by atoms with Gasteiger partial charge in [0.1, 0.15) is 16.8 Å². The molecule has 1 atom stereocenters. The number of carbonyl (C=O) groups excluding carboxylic acids is 3. The first kappa shape index (κ1) is 34.2. The van der Waals surface area contributed by atoms with Crippen LogP contribution in [0.4, 0.5) is 15.8 Å². The maximum Gasteiger partial charge on any atom is 0.272 e. The number of amides is 3. The molecular weight excluding hydrogens is 645 g/mol. The summed E-state index contributed by atoms with van der Waals surface area (Å²) >= 11 is 7.59. The Bertz CT molecular complexity index is 1950. The molecule has 0 aliphatic carbocycles. The molecule has 6 nitrogen and oxygen atoms in total. The van der Waals surface area contributed by atoms with Crippen molar-refractivity contribution in [2.24, 2.45) is 0 Å². The van der Waals surface area contributed by atoms with Gasteiger partial charge in [-0.2, -0.15) is 0 Å². The van der Waals surface area contributed by atoms with E-state index >= 15 is 0 Å². The predicted octanol–water partition coefficient (Wildman–Crippen LogP) is 9.23. The molecule has 0 saturated carbocycles. The van der Waals surface area contributed by atoms with Crippen molar-refractivity contribution in [2.45, 2.75) is 30.4 Å². The van der Waals surface area contributed by atoms with E-state index in [-0.39, 0.29) is 22.2 Å². The monoisotopic (exact) mass is 677 g/mol. The Balaban J connectivity index is 1.41. The second kappa shape index (κ2) is 16.1. The van der Waals surface area contributed by atoms with E-state index in [9.17, 15) is 18.8 Å². The lowest BCUT2D eigenvalue weighted by molar-refractivity contribution is -0.116. The second-order valence-electron chi connectivity index (χ2n) is 10.9. The van der Waals surface area contributed by atoms with Crippen LogP contribution < -0.4 is 16.0 Å². The SMILES string of the molecule is CCc1cccc(C)c1NC(=O)C(Sc1cccc(NC(=O)/C(=C\c2c(F)cccc2Cl)NC(=O)c2ccccc2)c1)c1ccccc1. The molecule has 0 spiro atoms. The third kappa shape index (κ3) is 8.59. The van der Waals surface area contributed by atoms with Gasteiger partial charge in [0.15, 0.2) is 0 Å². The quantitative estimate of drug-likeness (QED) is 0.0961. The van der Waals surface area contributed by atoms with Crippen LogP contribution in [0.3, 0.4) is 0 Å². The van der Waals surface area contributed by atoms with Crippen molar-refractivity contribution in [3.05, 3.63) is 166 Å². The lowest BCUT2D eigenvalue weighted by Gasteiger charge is -2.20. The highest BCUT2D eigenvalue weighted by Gasteiger charge is 2.24. The maximum atomic E-state index is 14.7. The molecule has 3 amide bonds. The number of rotatable bonds is 11. The number of benzene rings is 5. The minimum atomic E-state index is -0.690. The molecule has 5 aromatic rings. The number of thioether (sulfide) groups is 1. The van der Waals surface area contributed by atoms with Crippen LogP contribution in [-0.2, 0) is 16.0 Å². The molecule has 3 N–H and O–H groups in total. The lowest BCUT2D eigenvalue weighted by Crippen LogP contribution is -2.30. The van der Waals surface area contributed by atoms with E-state index in [1.807, 2.05) is 68.4 Å². The zero-order chi connectivity index (χ0) is 34.0. The summed E-state index contributed by atoms with van der Waals surface area (Å²) in [6, 6.07) is 35.0. The average Bonchev–Trinajstić information content (AvgIpc) is 3.10. The number of halogens is 2. The summed E-state index contributed by atoms with van der Waals surface area (Å²) in [5, 5.41) is 8.03. The Hall–Kier alpha value is -5.18. The molecule has 48 heavy (non-hydrogen) atoms. The van der Waals surface area contributed by atoms with Gasteiger partial charge in [0, 0.05) is 27.4 Å². The van der Waals surface area contributed by atoms with Crippen molar-refractivity contribution in [3.8, 4) is 0 Å². The van der Waals surface area contributed by atoms with Gasteiger partial charge in [-0.3, -0.25) is 14.4 Å². The molecule has 0 fully saturated rings. The fraction of sp³-hybridized carbons (Fsp3) is 0.103. The fourth-order valence-electron chi connectivity index (χ4n) is 5.01. The van der Waals surface area contributed by atoms with Crippen LogP contribution in [0.15, 0.2) is 132 Å². The van der Waals surface area contributed by atoms with Gasteiger partial charge < -0.3 is 16.0 Å². The number of aryl methyl sites for hydroxylation is 2. The molecule has 0 aliphatic rings. The molecule has 0 bridgehead atoms. The molecule has 0 heterocycles. The van der Waals surface area contributed by atoms with Crippen molar-refractivity contribution in [1.82, 2.24) is 5.32 Å². The van der Waals surface area contributed by atoms with Gasteiger partial charge in [0.25, 0.3) is 11.8 Å². The number of nitrogens with one attached hydrogen (secondary N) is 3. The van der Waals surface area contributed by atoms with Gasteiger partial charge in [-0.15, -0.1) is 11.8 Å². The van der Waals surface area contributed by atoms with Crippen LogP contribution in [0, 0.1) is 12.7 Å². The molecule has 0 aliphatic heterocycles. The zero-order valence-electron chi connectivity index (χ0n) is 26.3. The van der Waals surface area contributed by atoms with Gasteiger partial charge in [-0.05, 0) is 78.6 Å². The first-order chi connectivity index (χ1) is 23.2. The largest absolute Gasteiger partial charge is 0.324 e. The topological polar surface area (TPSA) is 87.3 Å². The second-order valence-corrected chi connectivity index (χ2v) is 12.4. The first-order valence-corrected chi connectivity index (χ1v) is 16.5. The summed E-state index contributed by atoms with van der Waals surface area (Å²) in [5.41, 5.74) is 4.11. The van der Waals surface area contributed by atoms with E-state index in [0.717, 1.165) is 28.8 Å². The zero-order valence-corrected chi connectivity index (χ0v) is 27.9. The summed E-state index contributed by atoms with van der Waals surface area (Å²) in [4.78, 5) is 41.2. The third-order valence-electron chi connectivity index (χ3n) is 7.49. The number of anilines is 2. The van der Waals surface area contributed by atoms with Crippen LogP contribution in [0.25, 0.3) is 6.08 Å². The third-order valence-corrected chi connectivity index (χ3v) is 9.07. The lowest BCUT2D eigenvalue weighted by atomic mass is 10.1. The van der Waals surface area contributed by atoms with E-state index in [0.29, 0.717) is 16.1 Å². The van der Waals surface area contributed by atoms with E-state index in [2.05, 4.69) is 16.0 Å². The molecule has 0 radical (unpaired) electrons. The number of hydrogen-bond acceptors (Lipinski definition) is 4. The van der Waals surface area contributed by atoms with Gasteiger partial charge in [-0.25, -0.2) is 4.39 Å². The molecule has 0 aromatic heterocycles. The molecular formula is C39H33ClFN3O3S. The predicted molar refractivity (Wildman–Crippen MR) is 193 cm³/mol. The highest BCUT2D eigenvalue weighted by Crippen LogP contribution is 2.38. The van der Waals surface area contributed by atoms with E-state index in [4.69, 9.17) is 11.6 Å². The summed E-state index contributed by atoms with van der Waals surface area (Å²) in [5.74, 6) is -2.07. The van der Waals surface area contributed by atoms with Crippen molar-refractivity contribution in [1.29, 1.82) is 0 Å². The van der Waals surface area contributed by atoms with E-state index in [1.54, 1.807) is 48.5 Å². The number of hydrogen-bond donors (Lipinski definition) is 3. The minimum Gasteiger partial charge on any atom is -0.324 e. The Labute approximate surface area is 288 Å². The van der Waals surface area contributed by atoms with Crippen LogP contribution in [-0.4, -0.2) is 17.7 Å². The Kier molecular flexibility index (Phi) is 11.4. The van der Waals surface area contributed by atoms with Crippen LogP contribution >= 0.6 is 23.4 Å². The van der Waals surface area contributed by atoms with Crippen molar-refractivity contribution in [2.75, 3.05) is 10.6 Å². The molecule has 1 unspecified atom stereocenters. The minimum absolute atomic E-state index is 0.0430. The highest BCUT2D eigenvalue weighted by atomic mass is 35.5. The fourth-order valence-corrected chi connectivity index (χ4v) is 6.31. The Morgan fingerprint density at radius 3 is 2.23 bits per heavy atom. The maximum absolute atomic E-state index is 14.7. The van der Waals surface area contributed by atoms with Gasteiger partial charge in [-0.1, -0.05) is 97.4 Å². The highest BCUT2D eigenvalue weighted by molar-refractivity contribution is 8.00. The van der Waals surface area contributed by atoms with Crippen LogP contribution in [0.5, 0.6) is 0 Å². The van der Waals surface area contributed by atoms with Crippen LogP contribution in [0.2, 0.25) is 5.02 Å². The molecule has 242 valence electrons. The normalized spacial score (nSPS) is 11.8. The van der Waals surface area contributed by atoms with Gasteiger partial charge >= 0.3 is 0 Å². The molecule has 5 rings (SSSR count). The smallest absolute Gasteiger partial charge is 0.272 e. The molecule has 0 saturated heterocycles. The van der Waals surface area contributed by atoms with Crippen molar-refractivity contribution in [3.63, 3.8) is 0 Å². The first-order valence-electron chi connectivity index (χ1n) is 15.3. The van der Waals surface area contributed by atoms with E-state index in [1.165, 1.54) is 36.0 Å². The summed E-state index contributed by atoms with van der Waals surface area (Å²) in [6.07, 6.45) is 1.98. The summed E-state index contributed by atoms with van der Waals surface area (Å²) in [7, 11) is 0. The van der Waals surface area contributed by atoms with E-state index < -0.39 is 22.9 Å². The van der Waals surface area contributed by atoms with Gasteiger partial charge in [0.05, 0.1) is 5.02 Å². The van der Waals surface area contributed by atoms with Crippen LogP contribution in [0.1, 0.15) is 44.8 Å². The summed E-state index contributed by atoms with van der Waals surface area (Å²) < 4.78 is 14.7.